The van der Waals surface area contributed by atoms with E-state index in [4.69, 9.17) is 9.47 Å². The van der Waals surface area contributed by atoms with Gasteiger partial charge < -0.3 is 19.4 Å². The normalized spacial score (nSPS) is 16.9. The summed E-state index contributed by atoms with van der Waals surface area (Å²) in [7, 11) is 0. The number of benzene rings is 3. The van der Waals surface area contributed by atoms with Crippen molar-refractivity contribution in [1.82, 2.24) is 4.57 Å². The first kappa shape index (κ1) is 30.4. The topological polar surface area (TPSA) is 69.6 Å². The van der Waals surface area contributed by atoms with Gasteiger partial charge in [0.25, 0.3) is 5.91 Å². The maximum absolute atomic E-state index is 14.2. The number of nitrogens with zero attached hydrogens (tertiary/aromatic N) is 1. The molecule has 0 bridgehead atoms. The maximum Gasteiger partial charge on any atom is 0.258 e. The molecule has 43 heavy (non-hydrogen) atoms. The lowest BCUT2D eigenvalue weighted by molar-refractivity contribution is -0.195. The molecule has 6 nitrogen and oxygen atoms in total. The highest BCUT2D eigenvalue weighted by atomic mass is 19.1. The van der Waals surface area contributed by atoms with Crippen LogP contribution in [0, 0.1) is 5.82 Å². The fraction of sp³-hybridized carbons (Fsp3) is 0.333. The maximum atomic E-state index is 14.2. The number of para-hydroxylation sites is 1. The van der Waals surface area contributed by atoms with Crippen LogP contribution in [0.4, 0.5) is 10.1 Å². The average Bonchev–Trinajstić information content (AvgIpc) is 3.36. The number of rotatable bonds is 11. The van der Waals surface area contributed by atoms with Gasteiger partial charge in [-0.1, -0.05) is 69.3 Å². The number of ketones is 1. The number of hydrogen-bond donors (Lipinski definition) is 1. The summed E-state index contributed by atoms with van der Waals surface area (Å²) in [5.41, 5.74) is 5.44. The summed E-state index contributed by atoms with van der Waals surface area (Å²) in [5, 5.41) is 3.10. The molecule has 2 heterocycles. The molecule has 0 aliphatic carbocycles. The third-order valence-corrected chi connectivity index (χ3v) is 7.67. The Hall–Kier alpha value is -4.07. The molecule has 0 spiro atoms. The van der Waals surface area contributed by atoms with Gasteiger partial charge in [0.2, 0.25) is 0 Å². The standard InChI is InChI=1S/C36H39FN2O4/c1-4-21-42-31-23-29(40)22-30(43-31)19-20-39-34(24(2)3)33(36(41)38-28-13-9-6-10-14-28)32(25-11-7-5-8-12-25)35(39)26-15-17-27(37)18-16-26/h5-18,24,30-31H,4,19-23H2,1-3H3,(H,38,41). The van der Waals surface area contributed by atoms with Gasteiger partial charge >= 0.3 is 0 Å². The largest absolute Gasteiger partial charge is 0.352 e. The third-order valence-electron chi connectivity index (χ3n) is 7.67. The summed E-state index contributed by atoms with van der Waals surface area (Å²) in [4.78, 5) is 26.8. The lowest BCUT2D eigenvalue weighted by Gasteiger charge is -2.30. The Morgan fingerprint density at radius 2 is 1.65 bits per heavy atom. The van der Waals surface area contributed by atoms with Crippen LogP contribution in [0.1, 0.15) is 68.4 Å². The van der Waals surface area contributed by atoms with E-state index in [1.54, 1.807) is 12.1 Å². The van der Waals surface area contributed by atoms with Crippen molar-refractivity contribution >= 4 is 17.4 Å². The first-order valence-electron chi connectivity index (χ1n) is 15.1. The van der Waals surface area contributed by atoms with Crippen molar-refractivity contribution in [3.05, 3.63) is 102 Å². The Kier molecular flexibility index (Phi) is 9.85. The first-order chi connectivity index (χ1) is 20.9. The van der Waals surface area contributed by atoms with Crippen molar-refractivity contribution in [2.24, 2.45) is 0 Å². The molecule has 1 aromatic heterocycles. The highest BCUT2D eigenvalue weighted by Gasteiger charge is 2.32. The summed E-state index contributed by atoms with van der Waals surface area (Å²) in [6.45, 7) is 7.20. The number of halogens is 1. The van der Waals surface area contributed by atoms with Gasteiger partial charge in [0, 0.05) is 36.5 Å². The van der Waals surface area contributed by atoms with E-state index < -0.39 is 6.29 Å². The summed E-state index contributed by atoms with van der Waals surface area (Å²) >= 11 is 0. The molecule has 1 aliphatic rings. The SMILES string of the molecule is CCCOC1CC(=O)CC(CCn2c(-c3ccc(F)cc3)c(-c3ccccc3)c(C(=O)Nc3ccccc3)c2C(C)C)O1. The summed E-state index contributed by atoms with van der Waals surface area (Å²) in [5.74, 6) is -0.446. The summed E-state index contributed by atoms with van der Waals surface area (Å²) < 4.78 is 28.3. The van der Waals surface area contributed by atoms with Gasteiger partial charge in [0.15, 0.2) is 6.29 Å². The Morgan fingerprint density at radius 3 is 2.30 bits per heavy atom. The second-order valence-electron chi connectivity index (χ2n) is 11.3. The van der Waals surface area contributed by atoms with Crippen molar-refractivity contribution in [2.45, 2.75) is 71.3 Å². The molecular formula is C36H39FN2O4. The van der Waals surface area contributed by atoms with E-state index in [2.05, 4.69) is 23.7 Å². The summed E-state index contributed by atoms with van der Waals surface area (Å²) in [6.07, 6.45) is 1.13. The fourth-order valence-corrected chi connectivity index (χ4v) is 5.83. The highest BCUT2D eigenvalue weighted by molar-refractivity contribution is 6.12. The quantitative estimate of drug-likeness (QED) is 0.193. The molecule has 0 saturated carbocycles. The Bertz CT molecular complexity index is 1530. The summed E-state index contributed by atoms with van der Waals surface area (Å²) in [6, 6.07) is 25.6. The predicted molar refractivity (Wildman–Crippen MR) is 168 cm³/mol. The zero-order chi connectivity index (χ0) is 30.3. The lowest BCUT2D eigenvalue weighted by Crippen LogP contribution is -2.35. The minimum atomic E-state index is -0.538. The second kappa shape index (κ2) is 13.9. The number of Topliss-reactive ketones (excluding diaryl/α,β-unsaturated/α-hetero) is 1. The van der Waals surface area contributed by atoms with Crippen LogP contribution >= 0.6 is 0 Å². The van der Waals surface area contributed by atoms with Gasteiger partial charge in [-0.3, -0.25) is 9.59 Å². The van der Waals surface area contributed by atoms with Crippen LogP contribution in [0.15, 0.2) is 84.9 Å². The molecule has 2 unspecified atom stereocenters. The van der Waals surface area contributed by atoms with E-state index in [1.165, 1.54) is 12.1 Å². The third kappa shape index (κ3) is 7.12. The van der Waals surface area contributed by atoms with Crippen molar-refractivity contribution in [2.75, 3.05) is 11.9 Å². The molecule has 4 aromatic rings. The van der Waals surface area contributed by atoms with Gasteiger partial charge in [0.05, 0.1) is 23.8 Å². The van der Waals surface area contributed by atoms with Crippen molar-refractivity contribution in [1.29, 1.82) is 0 Å². The average molecular weight is 583 g/mol. The van der Waals surface area contributed by atoms with Crippen LogP contribution in [-0.4, -0.2) is 35.3 Å². The molecule has 5 rings (SSSR count). The second-order valence-corrected chi connectivity index (χ2v) is 11.3. The van der Waals surface area contributed by atoms with Crippen LogP contribution in [0.2, 0.25) is 0 Å². The van der Waals surface area contributed by atoms with Crippen molar-refractivity contribution < 1.29 is 23.5 Å². The number of hydrogen-bond acceptors (Lipinski definition) is 4. The van der Waals surface area contributed by atoms with Crippen LogP contribution in [0.3, 0.4) is 0 Å². The predicted octanol–water partition coefficient (Wildman–Crippen LogP) is 8.23. The van der Waals surface area contributed by atoms with Crippen LogP contribution < -0.4 is 5.32 Å². The van der Waals surface area contributed by atoms with E-state index in [0.29, 0.717) is 37.2 Å². The molecule has 224 valence electrons. The molecule has 1 saturated heterocycles. The molecule has 1 aliphatic heterocycles. The number of carbonyl (C=O) groups excluding carboxylic acids is 2. The van der Waals surface area contributed by atoms with E-state index >= 15 is 0 Å². The molecule has 7 heteroatoms. The van der Waals surface area contributed by atoms with Gasteiger partial charge in [-0.25, -0.2) is 4.39 Å². The highest BCUT2D eigenvalue weighted by Crippen LogP contribution is 2.43. The zero-order valence-electron chi connectivity index (χ0n) is 25.0. The van der Waals surface area contributed by atoms with Crippen molar-refractivity contribution in [3.63, 3.8) is 0 Å². The first-order valence-corrected chi connectivity index (χ1v) is 15.1. The molecule has 0 radical (unpaired) electrons. The smallest absolute Gasteiger partial charge is 0.258 e. The minimum absolute atomic E-state index is 0.0253. The van der Waals surface area contributed by atoms with Crippen LogP contribution in [-0.2, 0) is 20.8 Å². The van der Waals surface area contributed by atoms with Gasteiger partial charge in [-0.2, -0.15) is 0 Å². The molecular weight excluding hydrogens is 543 g/mol. The van der Waals surface area contributed by atoms with E-state index in [-0.39, 0.29) is 36.0 Å². The Labute approximate surface area is 252 Å². The number of carbonyl (C=O) groups is 2. The number of anilines is 1. The fourth-order valence-electron chi connectivity index (χ4n) is 5.83. The number of amides is 1. The number of ether oxygens (including phenoxy) is 2. The molecule has 1 amide bonds. The van der Waals surface area contributed by atoms with Crippen LogP contribution in [0.5, 0.6) is 0 Å². The minimum Gasteiger partial charge on any atom is -0.352 e. The zero-order valence-corrected chi connectivity index (χ0v) is 25.0. The van der Waals surface area contributed by atoms with E-state index in [0.717, 1.165) is 34.5 Å². The molecule has 1 N–H and O–H groups in total. The molecule has 3 aromatic carbocycles. The number of aromatic nitrogens is 1. The molecule has 1 fully saturated rings. The van der Waals surface area contributed by atoms with E-state index in [9.17, 15) is 14.0 Å². The van der Waals surface area contributed by atoms with Crippen LogP contribution in [0.25, 0.3) is 22.4 Å². The Morgan fingerprint density at radius 1 is 0.977 bits per heavy atom. The monoisotopic (exact) mass is 582 g/mol. The lowest BCUT2D eigenvalue weighted by atomic mass is 9.94. The van der Waals surface area contributed by atoms with Gasteiger partial charge in [-0.05, 0) is 66.3 Å². The van der Waals surface area contributed by atoms with E-state index in [1.807, 2.05) is 67.6 Å². The van der Waals surface area contributed by atoms with Crippen molar-refractivity contribution in [3.8, 4) is 22.4 Å². The Balaban J connectivity index is 1.64. The molecule has 2 atom stereocenters. The van der Waals surface area contributed by atoms with Gasteiger partial charge in [0.1, 0.15) is 11.6 Å². The van der Waals surface area contributed by atoms with Gasteiger partial charge in [-0.15, -0.1) is 0 Å². The number of nitrogens with one attached hydrogen (secondary N) is 1.